The molecule has 0 spiro atoms. The maximum atomic E-state index is 10.6. The van der Waals surface area contributed by atoms with E-state index in [0.717, 1.165) is 17.1 Å². The zero-order valence-electron chi connectivity index (χ0n) is 5.30. The highest BCUT2D eigenvalue weighted by molar-refractivity contribution is 8.72. The molecule has 0 heterocycles. The molecule has 0 bridgehead atoms. The summed E-state index contributed by atoms with van der Waals surface area (Å²) < 4.78 is 10.6. The second-order valence-corrected chi connectivity index (χ2v) is 10.4. The van der Waals surface area contributed by atoms with Gasteiger partial charge in [-0.15, -0.1) is 0 Å². The highest BCUT2D eigenvalue weighted by Gasteiger charge is 2.14. The van der Waals surface area contributed by atoms with Gasteiger partial charge in [-0.1, -0.05) is 25.2 Å². The van der Waals surface area contributed by atoms with Crippen molar-refractivity contribution >= 4 is 38.9 Å². The topological polar surface area (TPSA) is 17.1 Å². The number of hydrogen-bond acceptors (Lipinski definition) is 2. The van der Waals surface area contributed by atoms with Gasteiger partial charge in [-0.05, 0) is 28.4 Å². The lowest BCUT2D eigenvalue weighted by Gasteiger charge is -2.02. The zero-order valence-corrected chi connectivity index (χ0v) is 8.53. The summed E-state index contributed by atoms with van der Waals surface area (Å²) in [4.78, 5) is 0. The standard InChI is InChI=1S/C4H9Cl2OPS/c1-4(2)3-9-8(5,6)7/h4H,3H2,1-2H3. The first-order valence-electron chi connectivity index (χ1n) is 2.55. The summed E-state index contributed by atoms with van der Waals surface area (Å²) >= 11 is 11.7. The van der Waals surface area contributed by atoms with Crippen LogP contribution in [0.25, 0.3) is 0 Å². The predicted octanol–water partition coefficient (Wildman–Crippen LogP) is 3.96. The summed E-state index contributed by atoms with van der Waals surface area (Å²) in [6.07, 6.45) is 0. The van der Waals surface area contributed by atoms with Crippen molar-refractivity contribution in [1.82, 2.24) is 0 Å². The Hall–Kier alpha value is 1.16. The normalized spacial score (nSPS) is 12.6. The van der Waals surface area contributed by atoms with Crippen LogP contribution in [-0.4, -0.2) is 5.75 Å². The molecule has 0 aromatic heterocycles. The molecule has 0 aliphatic carbocycles. The molecule has 0 radical (unpaired) electrons. The van der Waals surface area contributed by atoms with Gasteiger partial charge in [0.25, 0.3) is 0 Å². The van der Waals surface area contributed by atoms with Gasteiger partial charge in [0, 0.05) is 5.75 Å². The van der Waals surface area contributed by atoms with Crippen molar-refractivity contribution in [2.24, 2.45) is 5.92 Å². The van der Waals surface area contributed by atoms with Gasteiger partial charge >= 0.3 is 5.05 Å². The van der Waals surface area contributed by atoms with Gasteiger partial charge in [0.1, 0.15) is 0 Å². The van der Waals surface area contributed by atoms with Gasteiger partial charge in [-0.25, -0.2) is 0 Å². The van der Waals surface area contributed by atoms with Crippen molar-refractivity contribution in [3.8, 4) is 0 Å². The molecule has 0 aromatic rings. The Morgan fingerprint density at radius 1 is 1.56 bits per heavy atom. The molecule has 0 atom stereocenters. The fourth-order valence-corrected chi connectivity index (χ4v) is 3.14. The van der Waals surface area contributed by atoms with E-state index in [2.05, 4.69) is 0 Å². The fraction of sp³-hybridized carbons (Fsp3) is 1.00. The van der Waals surface area contributed by atoms with Crippen LogP contribution in [0.1, 0.15) is 13.8 Å². The van der Waals surface area contributed by atoms with Crippen LogP contribution in [0.5, 0.6) is 0 Å². The average Bonchev–Trinajstić information content (AvgIpc) is 1.59. The van der Waals surface area contributed by atoms with Crippen LogP contribution in [0, 0.1) is 5.92 Å². The quantitative estimate of drug-likeness (QED) is 0.651. The first kappa shape index (κ1) is 10.2. The molecule has 0 saturated heterocycles. The summed E-state index contributed by atoms with van der Waals surface area (Å²) in [6, 6.07) is 0. The first-order chi connectivity index (χ1) is 3.92. The molecular formula is C4H9Cl2OPS. The Morgan fingerprint density at radius 3 is 2.11 bits per heavy atom. The summed E-state index contributed by atoms with van der Waals surface area (Å²) in [6.45, 7) is 4.05. The third kappa shape index (κ3) is 9.16. The van der Waals surface area contributed by atoms with Crippen molar-refractivity contribution in [2.75, 3.05) is 5.75 Å². The Bertz CT molecular complexity index is 122. The maximum absolute atomic E-state index is 10.6. The fourth-order valence-electron chi connectivity index (χ4n) is 0.236. The van der Waals surface area contributed by atoms with Crippen molar-refractivity contribution in [3.63, 3.8) is 0 Å². The van der Waals surface area contributed by atoms with E-state index in [9.17, 15) is 4.57 Å². The number of rotatable bonds is 3. The van der Waals surface area contributed by atoms with Crippen molar-refractivity contribution in [2.45, 2.75) is 13.8 Å². The number of halogens is 2. The van der Waals surface area contributed by atoms with E-state index in [-0.39, 0.29) is 0 Å². The van der Waals surface area contributed by atoms with Crippen LogP contribution >= 0.6 is 38.9 Å². The maximum Gasteiger partial charge on any atom is 0.307 e. The summed E-state index contributed by atoms with van der Waals surface area (Å²) in [5.74, 6) is 1.24. The molecule has 1 nitrogen and oxygen atoms in total. The minimum Gasteiger partial charge on any atom is -0.277 e. The molecule has 0 unspecified atom stereocenters. The second-order valence-electron chi connectivity index (χ2n) is 2.10. The number of hydrogen-bond donors (Lipinski definition) is 0. The molecule has 0 fully saturated rings. The van der Waals surface area contributed by atoms with Gasteiger partial charge in [-0.3, -0.25) is 4.57 Å². The second kappa shape index (κ2) is 4.12. The Balaban J connectivity index is 3.40. The van der Waals surface area contributed by atoms with Crippen LogP contribution in [0.4, 0.5) is 0 Å². The third-order valence-corrected chi connectivity index (χ3v) is 4.78. The van der Waals surface area contributed by atoms with E-state index >= 15 is 0 Å². The van der Waals surface area contributed by atoms with Crippen molar-refractivity contribution in [1.29, 1.82) is 0 Å². The van der Waals surface area contributed by atoms with Gasteiger partial charge < -0.3 is 0 Å². The highest BCUT2D eigenvalue weighted by atomic mass is 35.9. The Kier molecular flexibility index (Phi) is 4.66. The van der Waals surface area contributed by atoms with E-state index in [1.807, 2.05) is 13.8 Å². The van der Waals surface area contributed by atoms with E-state index < -0.39 is 5.05 Å². The van der Waals surface area contributed by atoms with E-state index in [1.54, 1.807) is 0 Å². The molecule has 0 saturated carbocycles. The lowest BCUT2D eigenvalue weighted by atomic mass is 10.3. The lowest BCUT2D eigenvalue weighted by Crippen LogP contribution is -1.87. The highest BCUT2D eigenvalue weighted by Crippen LogP contribution is 2.68. The van der Waals surface area contributed by atoms with E-state index in [4.69, 9.17) is 22.5 Å². The predicted molar refractivity (Wildman–Crippen MR) is 46.6 cm³/mol. The smallest absolute Gasteiger partial charge is 0.277 e. The summed E-state index contributed by atoms with van der Waals surface area (Å²) in [5.41, 5.74) is 0. The monoisotopic (exact) mass is 206 g/mol. The van der Waals surface area contributed by atoms with Crippen LogP contribution in [0.2, 0.25) is 0 Å². The van der Waals surface area contributed by atoms with Crippen LogP contribution in [0.3, 0.4) is 0 Å². The van der Waals surface area contributed by atoms with Gasteiger partial charge in [0.05, 0.1) is 0 Å². The minimum absolute atomic E-state index is 0.487. The SMILES string of the molecule is CC(C)CSP(=O)(Cl)Cl. The van der Waals surface area contributed by atoms with Crippen LogP contribution in [0.15, 0.2) is 0 Å². The van der Waals surface area contributed by atoms with Crippen LogP contribution < -0.4 is 0 Å². The Morgan fingerprint density at radius 2 is 2.00 bits per heavy atom. The van der Waals surface area contributed by atoms with E-state index in [0.29, 0.717) is 5.92 Å². The molecule has 56 valence electrons. The molecule has 0 N–H and O–H groups in total. The molecule has 0 aliphatic heterocycles. The molecular weight excluding hydrogens is 198 g/mol. The minimum atomic E-state index is -2.86. The molecule has 9 heavy (non-hydrogen) atoms. The molecule has 0 aliphatic rings. The van der Waals surface area contributed by atoms with Crippen molar-refractivity contribution < 1.29 is 4.57 Å². The van der Waals surface area contributed by atoms with Gasteiger partial charge in [-0.2, -0.15) is 0 Å². The largest absolute Gasteiger partial charge is 0.307 e. The van der Waals surface area contributed by atoms with Crippen molar-refractivity contribution in [3.05, 3.63) is 0 Å². The molecule has 0 rings (SSSR count). The first-order valence-corrected chi connectivity index (χ1v) is 7.66. The molecule has 0 amide bonds. The molecule has 0 aromatic carbocycles. The van der Waals surface area contributed by atoms with E-state index in [1.165, 1.54) is 0 Å². The zero-order chi connectivity index (χ0) is 7.49. The average molecular weight is 207 g/mol. The summed E-state index contributed by atoms with van der Waals surface area (Å²) in [5, 5.41) is -2.86. The molecule has 5 heteroatoms. The van der Waals surface area contributed by atoms with Gasteiger partial charge in [0.2, 0.25) is 0 Å². The Labute approximate surface area is 69.2 Å². The van der Waals surface area contributed by atoms with Gasteiger partial charge in [0.15, 0.2) is 0 Å². The third-order valence-electron chi connectivity index (χ3n) is 0.558. The van der Waals surface area contributed by atoms with Crippen LogP contribution in [-0.2, 0) is 4.57 Å². The summed E-state index contributed by atoms with van der Waals surface area (Å²) in [7, 11) is 0. The lowest BCUT2D eigenvalue weighted by molar-refractivity contribution is 0.600.